The summed E-state index contributed by atoms with van der Waals surface area (Å²) in [7, 11) is 0. The van der Waals surface area contributed by atoms with Gasteiger partial charge in [0, 0.05) is 36.4 Å². The van der Waals surface area contributed by atoms with Gasteiger partial charge in [-0.1, -0.05) is 48.0 Å². The molecule has 3 aromatic carbocycles. The molecule has 228 valence electrons. The molecule has 43 heavy (non-hydrogen) atoms. The van der Waals surface area contributed by atoms with E-state index in [1.54, 1.807) is 41.3 Å². The second-order valence-corrected chi connectivity index (χ2v) is 10.2. The Kier molecular flexibility index (Phi) is 11.9. The molecule has 11 heteroatoms. The number of carbonyl (C=O) groups excluding carboxylic acids is 3. The smallest absolute Gasteiger partial charge is 0.475 e. The highest BCUT2D eigenvalue weighted by Crippen LogP contribution is 2.20. The number of carbonyl (C=O) groups is 4. The minimum absolute atomic E-state index is 0.0229. The summed E-state index contributed by atoms with van der Waals surface area (Å²) in [4.78, 5) is 48.9. The molecule has 1 aliphatic heterocycles. The molecule has 1 unspecified atom stereocenters. The van der Waals surface area contributed by atoms with Crippen LogP contribution in [0.4, 0.5) is 18.9 Å². The van der Waals surface area contributed by atoms with Gasteiger partial charge in [0.05, 0.1) is 5.92 Å². The zero-order valence-electron chi connectivity index (χ0n) is 23.7. The lowest BCUT2D eigenvalue weighted by Crippen LogP contribution is -2.45. The van der Waals surface area contributed by atoms with Gasteiger partial charge in [-0.2, -0.15) is 13.2 Å². The fourth-order valence-corrected chi connectivity index (χ4v) is 4.46. The maximum Gasteiger partial charge on any atom is 0.490 e. The van der Waals surface area contributed by atoms with Gasteiger partial charge in [-0.3, -0.25) is 14.4 Å². The van der Waals surface area contributed by atoms with Crippen molar-refractivity contribution in [3.8, 4) is 0 Å². The molecule has 0 spiro atoms. The van der Waals surface area contributed by atoms with Gasteiger partial charge in [0.1, 0.15) is 0 Å². The highest BCUT2D eigenvalue weighted by atomic mass is 19.4. The first-order valence-electron chi connectivity index (χ1n) is 13.8. The highest BCUT2D eigenvalue weighted by molar-refractivity contribution is 6.04. The van der Waals surface area contributed by atoms with E-state index in [0.29, 0.717) is 36.4 Å². The average Bonchev–Trinajstić information content (AvgIpc) is 3.00. The SMILES string of the molecule is Cc1ccc(C(=O)Nc2ccc(C(=O)N3CCCC(C(=O)NCCCc4ccccc4)C3)cc2)cc1.O=C(O)C(F)(F)F. The van der Waals surface area contributed by atoms with Crippen molar-refractivity contribution < 1.29 is 37.5 Å². The molecular formula is C32H34F3N3O5. The van der Waals surface area contributed by atoms with E-state index in [-0.39, 0.29) is 23.6 Å². The van der Waals surface area contributed by atoms with E-state index < -0.39 is 12.1 Å². The van der Waals surface area contributed by atoms with Gasteiger partial charge in [0.15, 0.2) is 0 Å². The summed E-state index contributed by atoms with van der Waals surface area (Å²) in [6.07, 6.45) is -1.67. The number of benzene rings is 3. The molecule has 1 saturated heterocycles. The summed E-state index contributed by atoms with van der Waals surface area (Å²) in [5.74, 6) is -3.20. The molecule has 0 saturated carbocycles. The minimum Gasteiger partial charge on any atom is -0.475 e. The largest absolute Gasteiger partial charge is 0.490 e. The number of carboxylic acids is 1. The van der Waals surface area contributed by atoms with Crippen LogP contribution in [0.15, 0.2) is 78.9 Å². The predicted octanol–water partition coefficient (Wildman–Crippen LogP) is 5.48. The molecule has 0 radical (unpaired) electrons. The molecule has 1 heterocycles. The fraction of sp³-hybridized carbons (Fsp3) is 0.312. The van der Waals surface area contributed by atoms with E-state index in [9.17, 15) is 27.6 Å². The summed E-state index contributed by atoms with van der Waals surface area (Å²) in [5.41, 5.74) is 4.12. The number of alkyl halides is 3. The first-order chi connectivity index (χ1) is 20.4. The van der Waals surface area contributed by atoms with Crippen LogP contribution < -0.4 is 10.6 Å². The van der Waals surface area contributed by atoms with E-state index in [0.717, 1.165) is 31.2 Å². The summed E-state index contributed by atoms with van der Waals surface area (Å²) >= 11 is 0. The molecule has 0 aliphatic carbocycles. The van der Waals surface area contributed by atoms with Crippen LogP contribution in [0.2, 0.25) is 0 Å². The van der Waals surface area contributed by atoms with Crippen molar-refractivity contribution in [2.24, 2.45) is 5.92 Å². The molecule has 3 aromatic rings. The Morgan fingerprint density at radius 2 is 1.51 bits per heavy atom. The van der Waals surface area contributed by atoms with E-state index in [1.807, 2.05) is 37.3 Å². The lowest BCUT2D eigenvalue weighted by Gasteiger charge is -2.32. The number of halogens is 3. The molecular weight excluding hydrogens is 563 g/mol. The number of likely N-dealkylation sites (tertiary alicyclic amines) is 1. The van der Waals surface area contributed by atoms with Gasteiger partial charge >= 0.3 is 12.1 Å². The van der Waals surface area contributed by atoms with Gasteiger partial charge in [-0.05, 0) is 74.6 Å². The van der Waals surface area contributed by atoms with E-state index >= 15 is 0 Å². The summed E-state index contributed by atoms with van der Waals surface area (Å²) in [5, 5.41) is 13.0. The third kappa shape index (κ3) is 10.6. The zero-order chi connectivity index (χ0) is 31.4. The van der Waals surface area contributed by atoms with Gasteiger partial charge in [-0.25, -0.2) is 4.79 Å². The van der Waals surface area contributed by atoms with Crippen LogP contribution in [0.5, 0.6) is 0 Å². The number of nitrogens with one attached hydrogen (secondary N) is 2. The van der Waals surface area contributed by atoms with Gasteiger partial charge in [-0.15, -0.1) is 0 Å². The maximum absolute atomic E-state index is 13.1. The van der Waals surface area contributed by atoms with Crippen LogP contribution in [-0.4, -0.2) is 59.5 Å². The first kappa shape index (κ1) is 32.8. The molecule has 0 bridgehead atoms. The quantitative estimate of drug-likeness (QED) is 0.298. The van der Waals surface area contributed by atoms with Gasteiger partial charge in [0.2, 0.25) is 5.91 Å². The van der Waals surface area contributed by atoms with Crippen molar-refractivity contribution in [1.82, 2.24) is 10.2 Å². The van der Waals surface area contributed by atoms with Gasteiger partial charge < -0.3 is 20.6 Å². The molecule has 1 atom stereocenters. The number of anilines is 1. The average molecular weight is 598 g/mol. The molecule has 3 amide bonds. The number of aryl methyl sites for hydroxylation is 2. The number of rotatable bonds is 8. The van der Waals surface area contributed by atoms with E-state index in [1.165, 1.54) is 5.56 Å². The van der Waals surface area contributed by atoms with Crippen molar-refractivity contribution in [2.45, 2.75) is 38.8 Å². The molecule has 1 fully saturated rings. The van der Waals surface area contributed by atoms with E-state index in [4.69, 9.17) is 9.90 Å². The number of hydrogen-bond acceptors (Lipinski definition) is 4. The van der Waals surface area contributed by atoms with Crippen molar-refractivity contribution in [3.63, 3.8) is 0 Å². The Labute approximate surface area is 247 Å². The number of carboxylic acid groups (broad SMARTS) is 1. The lowest BCUT2D eigenvalue weighted by molar-refractivity contribution is -0.192. The molecule has 8 nitrogen and oxygen atoms in total. The Bertz CT molecular complexity index is 1380. The highest BCUT2D eigenvalue weighted by Gasteiger charge is 2.38. The van der Waals surface area contributed by atoms with Crippen LogP contribution in [0, 0.1) is 12.8 Å². The minimum atomic E-state index is -5.08. The third-order valence-corrected chi connectivity index (χ3v) is 6.81. The number of amides is 3. The number of hydrogen-bond donors (Lipinski definition) is 3. The molecule has 4 rings (SSSR count). The Hall–Kier alpha value is -4.67. The second kappa shape index (κ2) is 15.5. The molecule has 1 aliphatic rings. The van der Waals surface area contributed by atoms with Crippen molar-refractivity contribution in [1.29, 1.82) is 0 Å². The normalized spacial score (nSPS) is 14.6. The topological polar surface area (TPSA) is 116 Å². The number of nitrogens with zero attached hydrogens (tertiary/aromatic N) is 1. The summed E-state index contributed by atoms with van der Waals surface area (Å²) < 4.78 is 31.7. The Balaban J connectivity index is 0.000000646. The lowest BCUT2D eigenvalue weighted by atomic mass is 9.96. The van der Waals surface area contributed by atoms with Crippen molar-refractivity contribution >= 4 is 29.4 Å². The predicted molar refractivity (Wildman–Crippen MR) is 156 cm³/mol. The van der Waals surface area contributed by atoms with Crippen LogP contribution in [0.3, 0.4) is 0 Å². The van der Waals surface area contributed by atoms with Crippen LogP contribution in [0.1, 0.15) is 51.1 Å². The Morgan fingerprint density at radius 3 is 2.12 bits per heavy atom. The number of aliphatic carboxylic acids is 1. The van der Waals surface area contributed by atoms with Crippen LogP contribution in [0.25, 0.3) is 0 Å². The second-order valence-electron chi connectivity index (χ2n) is 10.2. The number of piperidine rings is 1. The summed E-state index contributed by atoms with van der Waals surface area (Å²) in [6, 6.07) is 24.5. The van der Waals surface area contributed by atoms with Crippen LogP contribution in [-0.2, 0) is 16.0 Å². The Morgan fingerprint density at radius 1 is 0.907 bits per heavy atom. The van der Waals surface area contributed by atoms with Gasteiger partial charge in [0.25, 0.3) is 11.8 Å². The summed E-state index contributed by atoms with van der Waals surface area (Å²) in [6.45, 7) is 3.67. The maximum atomic E-state index is 13.1. The van der Waals surface area contributed by atoms with Crippen LogP contribution >= 0.6 is 0 Å². The standard InChI is InChI=1S/C30H33N3O3.C2HF3O2/c1-22-11-13-24(14-12-22)29(35)32-27-17-15-25(16-18-27)30(36)33-20-6-10-26(21-33)28(34)31-19-5-9-23-7-3-2-4-8-23;3-2(4,5)1(6)7/h2-4,7-8,11-18,26H,5-6,9-10,19-21H2,1H3,(H,31,34)(H,32,35);(H,6,7). The van der Waals surface area contributed by atoms with Crippen molar-refractivity contribution in [2.75, 3.05) is 25.0 Å². The van der Waals surface area contributed by atoms with Crippen molar-refractivity contribution in [3.05, 3.63) is 101 Å². The van der Waals surface area contributed by atoms with E-state index in [2.05, 4.69) is 22.8 Å². The zero-order valence-corrected chi connectivity index (χ0v) is 23.7. The molecule has 3 N–H and O–H groups in total. The molecule has 0 aromatic heterocycles. The fourth-order valence-electron chi connectivity index (χ4n) is 4.46. The third-order valence-electron chi connectivity index (χ3n) is 6.81. The monoisotopic (exact) mass is 597 g/mol. The first-order valence-corrected chi connectivity index (χ1v) is 13.8.